The van der Waals surface area contributed by atoms with Gasteiger partial charge in [0.25, 0.3) is 0 Å². The van der Waals surface area contributed by atoms with Gasteiger partial charge in [-0.15, -0.1) is 11.3 Å². The molecule has 2 rings (SSSR count). The molecule has 1 unspecified atom stereocenters. The van der Waals surface area contributed by atoms with Gasteiger partial charge >= 0.3 is 0 Å². The number of sulfonamides is 1. The molecule has 0 saturated heterocycles. The zero-order valence-electron chi connectivity index (χ0n) is 11.2. The van der Waals surface area contributed by atoms with Gasteiger partial charge in [-0.3, -0.25) is 0 Å². The quantitative estimate of drug-likeness (QED) is 0.860. The van der Waals surface area contributed by atoms with Gasteiger partial charge in [0.05, 0.1) is 11.8 Å². The van der Waals surface area contributed by atoms with E-state index in [1.807, 2.05) is 42.6 Å². The van der Waals surface area contributed by atoms with E-state index in [0.717, 1.165) is 16.0 Å². The van der Waals surface area contributed by atoms with E-state index in [0.29, 0.717) is 6.54 Å². The van der Waals surface area contributed by atoms with Crippen LogP contribution in [0.4, 0.5) is 0 Å². The van der Waals surface area contributed by atoms with Crippen LogP contribution < -0.4 is 10.5 Å². The third kappa shape index (κ3) is 4.14. The van der Waals surface area contributed by atoms with E-state index in [2.05, 4.69) is 4.72 Å². The van der Waals surface area contributed by atoms with E-state index in [-0.39, 0.29) is 11.8 Å². The molecule has 0 aliphatic heterocycles. The van der Waals surface area contributed by atoms with Crippen LogP contribution in [-0.2, 0) is 22.3 Å². The second-order valence-electron chi connectivity index (χ2n) is 4.64. The van der Waals surface area contributed by atoms with Crippen LogP contribution in [-0.4, -0.2) is 8.42 Å². The van der Waals surface area contributed by atoms with Crippen molar-refractivity contribution >= 4 is 21.4 Å². The number of nitrogens with two attached hydrogens (primary N) is 1. The molecule has 0 radical (unpaired) electrons. The Hall–Kier alpha value is -1.21. The maximum atomic E-state index is 12.2. The summed E-state index contributed by atoms with van der Waals surface area (Å²) >= 11 is 1.54. The van der Waals surface area contributed by atoms with Gasteiger partial charge in [-0.05, 0) is 29.5 Å². The molecule has 1 aromatic carbocycles. The second-order valence-corrected chi connectivity index (χ2v) is 7.37. The first kappa shape index (κ1) is 15.2. The Morgan fingerprint density at radius 1 is 1.25 bits per heavy atom. The highest BCUT2D eigenvalue weighted by molar-refractivity contribution is 7.88. The summed E-state index contributed by atoms with van der Waals surface area (Å²) in [7, 11) is -3.37. The molecule has 2 aromatic rings. The summed E-state index contributed by atoms with van der Waals surface area (Å²) in [5.41, 5.74) is 7.25. The fourth-order valence-corrected chi connectivity index (χ4v) is 4.15. The molecule has 1 atom stereocenters. The van der Waals surface area contributed by atoms with Crippen LogP contribution in [0.3, 0.4) is 0 Å². The molecule has 108 valence electrons. The Kier molecular flexibility index (Phi) is 4.93. The molecule has 3 N–H and O–H groups in total. The molecule has 0 aliphatic carbocycles. The molecule has 1 heterocycles. The van der Waals surface area contributed by atoms with E-state index in [9.17, 15) is 8.42 Å². The normalized spacial score (nSPS) is 13.3. The van der Waals surface area contributed by atoms with Crippen molar-refractivity contribution in [3.8, 4) is 0 Å². The van der Waals surface area contributed by atoms with Gasteiger partial charge in [-0.1, -0.05) is 30.3 Å². The summed E-state index contributed by atoms with van der Waals surface area (Å²) < 4.78 is 27.0. The molecular formula is C14H18N2O2S2. The second kappa shape index (κ2) is 6.49. The van der Waals surface area contributed by atoms with Crippen molar-refractivity contribution in [2.75, 3.05) is 0 Å². The van der Waals surface area contributed by atoms with Crippen LogP contribution >= 0.6 is 11.3 Å². The number of hydrogen-bond donors (Lipinski definition) is 2. The number of hydrogen-bond acceptors (Lipinski definition) is 4. The highest BCUT2D eigenvalue weighted by atomic mass is 32.2. The molecule has 0 spiro atoms. The van der Waals surface area contributed by atoms with Gasteiger partial charge in [0, 0.05) is 11.4 Å². The molecule has 4 nitrogen and oxygen atoms in total. The van der Waals surface area contributed by atoms with Gasteiger partial charge < -0.3 is 5.73 Å². The molecule has 0 fully saturated rings. The number of benzene rings is 1. The smallest absolute Gasteiger partial charge is 0.216 e. The summed E-state index contributed by atoms with van der Waals surface area (Å²) in [6.07, 6.45) is 0. The lowest BCUT2D eigenvalue weighted by Gasteiger charge is -2.13. The molecule has 0 amide bonds. The van der Waals surface area contributed by atoms with E-state index in [1.165, 1.54) is 0 Å². The fraction of sp³-hybridized carbons (Fsp3) is 0.286. The van der Waals surface area contributed by atoms with Gasteiger partial charge in [-0.2, -0.15) is 0 Å². The third-order valence-corrected chi connectivity index (χ3v) is 5.39. The summed E-state index contributed by atoms with van der Waals surface area (Å²) in [6.45, 7) is 2.26. The minimum absolute atomic E-state index is 0.0312. The Balaban J connectivity index is 2.07. The number of rotatable bonds is 6. The first-order chi connectivity index (χ1) is 9.50. The lowest BCUT2D eigenvalue weighted by atomic mass is 10.1. The lowest BCUT2D eigenvalue weighted by Crippen LogP contribution is -2.27. The maximum Gasteiger partial charge on any atom is 0.216 e. The predicted molar refractivity (Wildman–Crippen MR) is 82.8 cm³/mol. The van der Waals surface area contributed by atoms with Crippen molar-refractivity contribution in [2.24, 2.45) is 5.73 Å². The zero-order chi connectivity index (χ0) is 14.6. The Labute approximate surface area is 123 Å². The van der Waals surface area contributed by atoms with Crippen LogP contribution in [0.2, 0.25) is 0 Å². The third-order valence-electron chi connectivity index (χ3n) is 2.91. The van der Waals surface area contributed by atoms with Gasteiger partial charge in [0.2, 0.25) is 10.0 Å². The molecule has 0 bridgehead atoms. The lowest BCUT2D eigenvalue weighted by molar-refractivity contribution is 0.567. The SMILES string of the molecule is CC(NS(=O)(=O)Cc1cccc(CN)c1)c1cccs1. The van der Waals surface area contributed by atoms with Crippen LogP contribution in [0.1, 0.15) is 29.0 Å². The molecule has 6 heteroatoms. The highest BCUT2D eigenvalue weighted by Gasteiger charge is 2.17. The van der Waals surface area contributed by atoms with Gasteiger partial charge in [0.1, 0.15) is 0 Å². The standard InChI is InChI=1S/C14H18N2O2S2/c1-11(14-6-3-7-19-14)16-20(17,18)10-13-5-2-4-12(8-13)9-15/h2-8,11,16H,9-10,15H2,1H3. The van der Waals surface area contributed by atoms with Crippen molar-refractivity contribution in [3.63, 3.8) is 0 Å². The molecule has 20 heavy (non-hydrogen) atoms. The summed E-state index contributed by atoms with van der Waals surface area (Å²) in [5.74, 6) is -0.0312. The van der Waals surface area contributed by atoms with Gasteiger partial charge in [-0.25, -0.2) is 13.1 Å². The zero-order valence-corrected chi connectivity index (χ0v) is 12.9. The minimum atomic E-state index is -3.37. The van der Waals surface area contributed by atoms with Crippen molar-refractivity contribution in [2.45, 2.75) is 25.3 Å². The fourth-order valence-electron chi connectivity index (χ4n) is 1.97. The van der Waals surface area contributed by atoms with Crippen LogP contribution in [0.5, 0.6) is 0 Å². The van der Waals surface area contributed by atoms with E-state index < -0.39 is 10.0 Å². The van der Waals surface area contributed by atoms with Crippen molar-refractivity contribution < 1.29 is 8.42 Å². The van der Waals surface area contributed by atoms with Gasteiger partial charge in [0.15, 0.2) is 0 Å². The molecular weight excluding hydrogens is 292 g/mol. The summed E-state index contributed by atoms with van der Waals surface area (Å²) in [4.78, 5) is 1.00. The molecule has 1 aromatic heterocycles. The summed E-state index contributed by atoms with van der Waals surface area (Å²) in [5, 5.41) is 1.94. The number of thiophene rings is 1. The monoisotopic (exact) mass is 310 g/mol. The largest absolute Gasteiger partial charge is 0.326 e. The van der Waals surface area contributed by atoms with Crippen molar-refractivity contribution in [3.05, 3.63) is 57.8 Å². The Morgan fingerprint density at radius 3 is 2.65 bits per heavy atom. The first-order valence-corrected chi connectivity index (χ1v) is 8.84. The van der Waals surface area contributed by atoms with Crippen LogP contribution in [0.25, 0.3) is 0 Å². The first-order valence-electron chi connectivity index (χ1n) is 6.31. The minimum Gasteiger partial charge on any atom is -0.326 e. The Morgan fingerprint density at radius 2 is 2.00 bits per heavy atom. The average molecular weight is 310 g/mol. The average Bonchev–Trinajstić information content (AvgIpc) is 2.91. The highest BCUT2D eigenvalue weighted by Crippen LogP contribution is 2.19. The summed E-state index contributed by atoms with van der Waals surface area (Å²) in [6, 6.07) is 11.0. The number of nitrogens with one attached hydrogen (secondary N) is 1. The predicted octanol–water partition coefficient (Wildman–Crippen LogP) is 2.39. The van der Waals surface area contributed by atoms with Crippen LogP contribution in [0.15, 0.2) is 41.8 Å². The Bertz CT molecular complexity index is 652. The van der Waals surface area contributed by atoms with E-state index >= 15 is 0 Å². The molecule has 0 aliphatic rings. The van der Waals surface area contributed by atoms with Crippen LogP contribution in [0, 0.1) is 0 Å². The molecule has 0 saturated carbocycles. The van der Waals surface area contributed by atoms with Crippen molar-refractivity contribution in [1.82, 2.24) is 4.72 Å². The maximum absolute atomic E-state index is 12.2. The van der Waals surface area contributed by atoms with Crippen molar-refractivity contribution in [1.29, 1.82) is 0 Å². The van der Waals surface area contributed by atoms with E-state index in [4.69, 9.17) is 5.73 Å². The topological polar surface area (TPSA) is 72.2 Å². The van der Waals surface area contributed by atoms with E-state index in [1.54, 1.807) is 17.4 Å².